The highest BCUT2D eigenvalue weighted by molar-refractivity contribution is 5.20. The number of hydrogen-bond acceptors (Lipinski definition) is 2. The van der Waals surface area contributed by atoms with Gasteiger partial charge in [0, 0.05) is 13.1 Å². The number of halogens is 3. The molecule has 102 valence electrons. The first kappa shape index (κ1) is 15.0. The molecule has 2 nitrogen and oxygen atoms in total. The molecule has 0 aliphatic carbocycles. The minimum absolute atomic E-state index is 0.254. The van der Waals surface area contributed by atoms with Crippen molar-refractivity contribution in [3.05, 3.63) is 35.9 Å². The highest BCUT2D eigenvalue weighted by Gasteiger charge is 2.40. The van der Waals surface area contributed by atoms with Gasteiger partial charge >= 0.3 is 6.18 Å². The van der Waals surface area contributed by atoms with Crippen LogP contribution in [0.5, 0.6) is 0 Å². The molecule has 1 aromatic rings. The molecule has 0 bridgehead atoms. The molecule has 0 saturated heterocycles. The molecular weight excluding hydrogens is 241 g/mol. The van der Waals surface area contributed by atoms with Crippen LogP contribution >= 0.6 is 0 Å². The molecule has 0 spiro atoms. The third-order valence-corrected chi connectivity index (χ3v) is 2.84. The van der Waals surface area contributed by atoms with Crippen molar-refractivity contribution in [3.8, 4) is 0 Å². The van der Waals surface area contributed by atoms with Crippen LogP contribution in [0.15, 0.2) is 30.3 Å². The van der Waals surface area contributed by atoms with E-state index in [1.807, 2.05) is 18.9 Å². The molecule has 5 heteroatoms. The lowest BCUT2D eigenvalue weighted by atomic mass is 10.1. The smallest absolute Gasteiger partial charge is 0.305 e. The molecular formula is C13H19F3N2. The average Bonchev–Trinajstić information content (AvgIpc) is 2.33. The Bertz CT molecular complexity index is 338. The van der Waals surface area contributed by atoms with Crippen LogP contribution in [-0.2, 0) is 0 Å². The Morgan fingerprint density at radius 2 is 1.83 bits per heavy atom. The summed E-state index contributed by atoms with van der Waals surface area (Å²) in [5, 5.41) is 2.57. The molecule has 1 atom stereocenters. The second kappa shape index (κ2) is 6.75. The summed E-state index contributed by atoms with van der Waals surface area (Å²) < 4.78 is 38.8. The summed E-state index contributed by atoms with van der Waals surface area (Å²) in [4.78, 5) is 1.96. The molecule has 0 aliphatic rings. The molecule has 1 aromatic carbocycles. The van der Waals surface area contributed by atoms with Gasteiger partial charge in [-0.2, -0.15) is 13.2 Å². The predicted octanol–water partition coefficient (Wildman–Crippen LogP) is 2.83. The molecule has 0 heterocycles. The van der Waals surface area contributed by atoms with Gasteiger partial charge in [0.2, 0.25) is 0 Å². The number of rotatable bonds is 6. The lowest BCUT2D eigenvalue weighted by Crippen LogP contribution is -2.38. The fourth-order valence-electron chi connectivity index (χ4n) is 1.63. The summed E-state index contributed by atoms with van der Waals surface area (Å²) in [5.74, 6) is 0. The highest BCUT2D eigenvalue weighted by atomic mass is 19.4. The third-order valence-electron chi connectivity index (χ3n) is 2.84. The van der Waals surface area contributed by atoms with Gasteiger partial charge in [0.05, 0.1) is 0 Å². The summed E-state index contributed by atoms with van der Waals surface area (Å²) >= 11 is 0. The van der Waals surface area contributed by atoms with Crippen LogP contribution in [0.4, 0.5) is 13.2 Å². The quantitative estimate of drug-likeness (QED) is 0.846. The minimum atomic E-state index is -4.27. The van der Waals surface area contributed by atoms with E-state index in [2.05, 4.69) is 5.32 Å². The van der Waals surface area contributed by atoms with Gasteiger partial charge < -0.3 is 10.2 Å². The number of likely N-dealkylation sites (N-methyl/N-ethyl adjacent to an activating group) is 1. The van der Waals surface area contributed by atoms with Crippen LogP contribution in [0.3, 0.4) is 0 Å². The topological polar surface area (TPSA) is 15.3 Å². The van der Waals surface area contributed by atoms with Crippen molar-refractivity contribution in [2.45, 2.75) is 19.1 Å². The Hall–Kier alpha value is -1.07. The Morgan fingerprint density at radius 1 is 1.22 bits per heavy atom. The molecule has 1 N–H and O–H groups in total. The molecule has 0 aromatic heterocycles. The standard InChI is InChI=1S/C13H19F3N2/c1-3-18(2)10-9-17-12(13(14,15)16)11-7-5-4-6-8-11/h4-8,12,17H,3,9-10H2,1-2H3. The van der Waals surface area contributed by atoms with E-state index in [0.29, 0.717) is 13.1 Å². The van der Waals surface area contributed by atoms with E-state index in [4.69, 9.17) is 0 Å². The normalized spacial score (nSPS) is 13.9. The first-order chi connectivity index (χ1) is 8.45. The monoisotopic (exact) mass is 260 g/mol. The third kappa shape index (κ3) is 4.66. The number of hydrogen-bond donors (Lipinski definition) is 1. The molecule has 0 saturated carbocycles. The molecule has 0 aliphatic heterocycles. The Morgan fingerprint density at radius 3 is 2.33 bits per heavy atom. The van der Waals surface area contributed by atoms with E-state index in [0.717, 1.165) is 6.54 Å². The van der Waals surface area contributed by atoms with E-state index in [9.17, 15) is 13.2 Å². The van der Waals surface area contributed by atoms with Gasteiger partial charge in [-0.15, -0.1) is 0 Å². The summed E-state index contributed by atoms with van der Waals surface area (Å²) in [5.41, 5.74) is 0.254. The van der Waals surface area contributed by atoms with Crippen molar-refractivity contribution in [1.29, 1.82) is 0 Å². The van der Waals surface area contributed by atoms with Crippen molar-refractivity contribution < 1.29 is 13.2 Å². The van der Waals surface area contributed by atoms with Gasteiger partial charge in [-0.1, -0.05) is 37.3 Å². The predicted molar refractivity (Wildman–Crippen MR) is 66.4 cm³/mol. The van der Waals surface area contributed by atoms with Crippen LogP contribution in [-0.4, -0.2) is 37.8 Å². The first-order valence-corrected chi connectivity index (χ1v) is 5.98. The fraction of sp³-hybridized carbons (Fsp3) is 0.538. The lowest BCUT2D eigenvalue weighted by molar-refractivity contribution is -0.157. The van der Waals surface area contributed by atoms with Gasteiger partial charge in [0.1, 0.15) is 6.04 Å². The number of nitrogens with zero attached hydrogens (tertiary/aromatic N) is 1. The average molecular weight is 260 g/mol. The molecule has 0 fully saturated rings. The van der Waals surface area contributed by atoms with E-state index >= 15 is 0 Å². The van der Waals surface area contributed by atoms with Crippen LogP contribution in [0.25, 0.3) is 0 Å². The summed E-state index contributed by atoms with van der Waals surface area (Å²) in [7, 11) is 1.88. The zero-order valence-corrected chi connectivity index (χ0v) is 10.7. The summed E-state index contributed by atoms with van der Waals surface area (Å²) in [6, 6.07) is 6.34. The van der Waals surface area contributed by atoms with Crippen molar-refractivity contribution in [2.24, 2.45) is 0 Å². The van der Waals surface area contributed by atoms with Gasteiger partial charge in [0.25, 0.3) is 0 Å². The molecule has 18 heavy (non-hydrogen) atoms. The summed E-state index contributed by atoms with van der Waals surface area (Å²) in [6.07, 6.45) is -4.27. The maximum absolute atomic E-state index is 12.9. The molecule has 1 rings (SSSR count). The second-order valence-corrected chi connectivity index (χ2v) is 4.24. The summed E-state index contributed by atoms with van der Waals surface area (Å²) in [6.45, 7) is 3.70. The van der Waals surface area contributed by atoms with E-state index in [-0.39, 0.29) is 5.56 Å². The number of nitrogens with one attached hydrogen (secondary N) is 1. The minimum Gasteiger partial charge on any atom is -0.305 e. The van der Waals surface area contributed by atoms with E-state index < -0.39 is 12.2 Å². The van der Waals surface area contributed by atoms with E-state index in [1.165, 1.54) is 12.1 Å². The van der Waals surface area contributed by atoms with Crippen molar-refractivity contribution in [3.63, 3.8) is 0 Å². The number of alkyl halides is 3. The van der Waals surface area contributed by atoms with Crippen molar-refractivity contribution >= 4 is 0 Å². The fourth-order valence-corrected chi connectivity index (χ4v) is 1.63. The molecule has 1 unspecified atom stereocenters. The Labute approximate surface area is 106 Å². The maximum atomic E-state index is 12.9. The molecule has 0 amide bonds. The second-order valence-electron chi connectivity index (χ2n) is 4.24. The molecule has 0 radical (unpaired) electrons. The SMILES string of the molecule is CCN(C)CCNC(c1ccccc1)C(F)(F)F. The Balaban J connectivity index is 2.64. The van der Waals surface area contributed by atoms with Crippen LogP contribution in [0.2, 0.25) is 0 Å². The van der Waals surface area contributed by atoms with Gasteiger partial charge in [-0.25, -0.2) is 0 Å². The Kier molecular flexibility index (Phi) is 5.62. The van der Waals surface area contributed by atoms with Crippen molar-refractivity contribution in [2.75, 3.05) is 26.7 Å². The highest BCUT2D eigenvalue weighted by Crippen LogP contribution is 2.32. The lowest BCUT2D eigenvalue weighted by Gasteiger charge is -2.23. The number of benzene rings is 1. The van der Waals surface area contributed by atoms with Crippen LogP contribution in [0.1, 0.15) is 18.5 Å². The van der Waals surface area contributed by atoms with E-state index in [1.54, 1.807) is 18.2 Å². The zero-order chi connectivity index (χ0) is 13.6. The largest absolute Gasteiger partial charge is 0.407 e. The van der Waals surface area contributed by atoms with Gasteiger partial charge in [-0.3, -0.25) is 0 Å². The maximum Gasteiger partial charge on any atom is 0.407 e. The van der Waals surface area contributed by atoms with Crippen molar-refractivity contribution in [1.82, 2.24) is 10.2 Å². The first-order valence-electron chi connectivity index (χ1n) is 5.98. The van der Waals surface area contributed by atoms with Gasteiger partial charge in [0.15, 0.2) is 0 Å². The van der Waals surface area contributed by atoms with Crippen LogP contribution < -0.4 is 5.32 Å². The zero-order valence-electron chi connectivity index (χ0n) is 10.7. The van der Waals surface area contributed by atoms with Gasteiger partial charge in [-0.05, 0) is 19.2 Å². The van der Waals surface area contributed by atoms with Crippen LogP contribution in [0, 0.1) is 0 Å².